The summed E-state index contributed by atoms with van der Waals surface area (Å²) in [6, 6.07) is 5.50. The fourth-order valence-electron chi connectivity index (χ4n) is 1.85. The predicted octanol–water partition coefficient (Wildman–Crippen LogP) is 1.88. The molecule has 1 unspecified atom stereocenters. The molecule has 1 heterocycles. The molecule has 19 heavy (non-hydrogen) atoms. The van der Waals surface area contributed by atoms with Crippen LogP contribution in [0.4, 0.5) is 0 Å². The van der Waals surface area contributed by atoms with E-state index in [1.165, 1.54) is 19.5 Å². The normalized spacial score (nSPS) is 12.0. The monoisotopic (exact) mass is 260 g/mol. The summed E-state index contributed by atoms with van der Waals surface area (Å²) in [5, 5.41) is 10.4. The molecule has 1 N–H and O–H groups in total. The molecule has 0 amide bonds. The summed E-state index contributed by atoms with van der Waals surface area (Å²) in [5.74, 6) is 1.04. The topological polar surface area (TPSA) is 64.5 Å². The second-order valence-electron chi connectivity index (χ2n) is 4.08. The van der Waals surface area contributed by atoms with Crippen molar-refractivity contribution in [3.05, 3.63) is 47.4 Å². The van der Waals surface area contributed by atoms with E-state index in [1.54, 1.807) is 13.2 Å². The van der Waals surface area contributed by atoms with Gasteiger partial charge in [0.1, 0.15) is 17.5 Å². The maximum atomic E-state index is 10.4. The van der Waals surface area contributed by atoms with Crippen molar-refractivity contribution in [3.8, 4) is 11.6 Å². The maximum Gasteiger partial charge on any atom is 0.238 e. The third-order valence-corrected chi connectivity index (χ3v) is 2.89. The van der Waals surface area contributed by atoms with Crippen LogP contribution >= 0.6 is 0 Å². The lowest BCUT2D eigenvalue weighted by Crippen LogP contribution is -2.06. The van der Waals surface area contributed by atoms with Gasteiger partial charge in [-0.2, -0.15) is 0 Å². The zero-order valence-corrected chi connectivity index (χ0v) is 11.1. The molecule has 100 valence electrons. The summed E-state index contributed by atoms with van der Waals surface area (Å²) in [4.78, 5) is 8.15. The maximum absolute atomic E-state index is 10.4. The molecule has 0 aliphatic carbocycles. The summed E-state index contributed by atoms with van der Waals surface area (Å²) in [6.45, 7) is 1.94. The number of hydrogen-bond acceptors (Lipinski definition) is 5. The Morgan fingerprint density at radius 2 is 1.84 bits per heavy atom. The molecule has 2 rings (SSSR count). The summed E-state index contributed by atoms with van der Waals surface area (Å²) in [5.41, 5.74) is 2.07. The minimum absolute atomic E-state index is 0.314. The molecular weight excluding hydrogens is 244 g/mol. The third-order valence-electron chi connectivity index (χ3n) is 2.89. The number of nitrogens with zero attached hydrogens (tertiary/aromatic N) is 2. The van der Waals surface area contributed by atoms with Crippen LogP contribution in [0, 0.1) is 6.92 Å². The van der Waals surface area contributed by atoms with Crippen LogP contribution in [0.3, 0.4) is 0 Å². The van der Waals surface area contributed by atoms with Gasteiger partial charge in [-0.3, -0.25) is 4.98 Å². The Bertz CT molecular complexity index is 572. The highest BCUT2D eigenvalue weighted by atomic mass is 16.5. The van der Waals surface area contributed by atoms with Crippen molar-refractivity contribution in [1.29, 1.82) is 0 Å². The zero-order chi connectivity index (χ0) is 13.8. The van der Waals surface area contributed by atoms with Gasteiger partial charge in [-0.25, -0.2) is 4.98 Å². The Morgan fingerprint density at radius 3 is 2.53 bits per heavy atom. The molecule has 0 bridgehead atoms. The van der Waals surface area contributed by atoms with Gasteiger partial charge in [0.05, 0.1) is 14.2 Å². The fraction of sp³-hybridized carbons (Fsp3) is 0.286. The van der Waals surface area contributed by atoms with E-state index < -0.39 is 6.10 Å². The van der Waals surface area contributed by atoms with Crippen molar-refractivity contribution >= 4 is 0 Å². The van der Waals surface area contributed by atoms with Gasteiger partial charge in [-0.15, -0.1) is 0 Å². The van der Waals surface area contributed by atoms with Crippen molar-refractivity contribution in [1.82, 2.24) is 9.97 Å². The van der Waals surface area contributed by atoms with E-state index in [1.807, 2.05) is 19.1 Å². The van der Waals surface area contributed by atoms with Crippen LogP contribution in [0.2, 0.25) is 0 Å². The van der Waals surface area contributed by atoms with Gasteiger partial charge in [-0.05, 0) is 24.1 Å². The Balaban J connectivity index is 2.41. The Morgan fingerprint density at radius 1 is 1.11 bits per heavy atom. The summed E-state index contributed by atoms with van der Waals surface area (Å²) >= 11 is 0. The number of hydrogen-bond donors (Lipinski definition) is 1. The molecule has 0 spiro atoms. The number of aryl methyl sites for hydroxylation is 1. The fourth-order valence-corrected chi connectivity index (χ4v) is 1.85. The van der Waals surface area contributed by atoms with Crippen molar-refractivity contribution in [3.63, 3.8) is 0 Å². The summed E-state index contributed by atoms with van der Waals surface area (Å²) in [7, 11) is 3.09. The van der Waals surface area contributed by atoms with E-state index in [0.29, 0.717) is 17.1 Å². The van der Waals surface area contributed by atoms with Crippen LogP contribution in [-0.2, 0) is 0 Å². The zero-order valence-electron chi connectivity index (χ0n) is 11.1. The highest BCUT2D eigenvalue weighted by molar-refractivity contribution is 5.40. The lowest BCUT2D eigenvalue weighted by atomic mass is 10.0. The highest BCUT2D eigenvalue weighted by Crippen LogP contribution is 2.29. The molecular formula is C14H16N2O3. The molecule has 0 fully saturated rings. The van der Waals surface area contributed by atoms with E-state index in [4.69, 9.17) is 9.47 Å². The van der Waals surface area contributed by atoms with E-state index in [-0.39, 0.29) is 0 Å². The molecule has 2 aromatic rings. The van der Waals surface area contributed by atoms with Crippen molar-refractivity contribution in [2.45, 2.75) is 13.0 Å². The largest absolute Gasteiger partial charge is 0.496 e. The van der Waals surface area contributed by atoms with E-state index in [0.717, 1.165) is 11.3 Å². The average molecular weight is 260 g/mol. The van der Waals surface area contributed by atoms with Gasteiger partial charge in [-0.1, -0.05) is 12.1 Å². The Hall–Kier alpha value is -2.14. The molecule has 5 heteroatoms. The quantitative estimate of drug-likeness (QED) is 0.909. The first-order valence-electron chi connectivity index (χ1n) is 5.85. The van der Waals surface area contributed by atoms with Crippen molar-refractivity contribution in [2.24, 2.45) is 0 Å². The first kappa shape index (κ1) is 13.3. The molecule has 1 aromatic carbocycles. The number of aliphatic hydroxyl groups is 1. The summed E-state index contributed by atoms with van der Waals surface area (Å²) < 4.78 is 10.4. The number of ether oxygens (including phenoxy) is 2. The van der Waals surface area contributed by atoms with Gasteiger partial charge in [0.2, 0.25) is 5.88 Å². The molecule has 1 aromatic heterocycles. The smallest absolute Gasteiger partial charge is 0.238 e. The third kappa shape index (κ3) is 2.66. The van der Waals surface area contributed by atoms with Gasteiger partial charge >= 0.3 is 0 Å². The number of methoxy groups -OCH3 is 2. The molecule has 0 saturated heterocycles. The number of aromatic nitrogens is 2. The minimum Gasteiger partial charge on any atom is -0.496 e. The standard InChI is InChI=1S/C14H16N2O3/c1-9-4-5-10(8-11(9)18-2)13(17)12-14(19-3)16-7-6-15-12/h4-8,13,17H,1-3H3. The Kier molecular flexibility index (Phi) is 3.97. The Labute approximate surface area is 111 Å². The highest BCUT2D eigenvalue weighted by Gasteiger charge is 2.18. The van der Waals surface area contributed by atoms with E-state index in [9.17, 15) is 5.11 Å². The first-order valence-corrected chi connectivity index (χ1v) is 5.85. The van der Waals surface area contributed by atoms with Crippen molar-refractivity contribution < 1.29 is 14.6 Å². The minimum atomic E-state index is -0.904. The molecule has 0 aliphatic heterocycles. The molecule has 5 nitrogen and oxygen atoms in total. The SMILES string of the molecule is COc1cc(C(O)c2nccnc2OC)ccc1C. The number of aliphatic hydroxyl groups excluding tert-OH is 1. The lowest BCUT2D eigenvalue weighted by Gasteiger charge is -2.14. The predicted molar refractivity (Wildman–Crippen MR) is 70.4 cm³/mol. The molecule has 1 atom stereocenters. The van der Waals surface area contributed by atoms with E-state index >= 15 is 0 Å². The number of rotatable bonds is 4. The second kappa shape index (κ2) is 5.67. The van der Waals surface area contributed by atoms with Crippen LogP contribution in [0.15, 0.2) is 30.6 Å². The molecule has 0 aliphatic rings. The second-order valence-corrected chi connectivity index (χ2v) is 4.08. The van der Waals surface area contributed by atoms with Crippen LogP contribution in [0.1, 0.15) is 22.9 Å². The van der Waals surface area contributed by atoms with Crippen LogP contribution in [-0.4, -0.2) is 29.3 Å². The lowest BCUT2D eigenvalue weighted by molar-refractivity contribution is 0.207. The number of benzene rings is 1. The average Bonchev–Trinajstić information content (AvgIpc) is 2.47. The van der Waals surface area contributed by atoms with Gasteiger partial charge < -0.3 is 14.6 Å². The van der Waals surface area contributed by atoms with Gasteiger partial charge in [0.15, 0.2) is 0 Å². The molecule has 0 radical (unpaired) electrons. The first-order chi connectivity index (χ1) is 9.17. The van der Waals surface area contributed by atoms with Gasteiger partial charge in [0, 0.05) is 12.4 Å². The van der Waals surface area contributed by atoms with Crippen LogP contribution in [0.5, 0.6) is 11.6 Å². The van der Waals surface area contributed by atoms with Crippen LogP contribution in [0.25, 0.3) is 0 Å². The summed E-state index contributed by atoms with van der Waals surface area (Å²) in [6.07, 6.45) is 2.13. The van der Waals surface area contributed by atoms with Crippen molar-refractivity contribution in [2.75, 3.05) is 14.2 Å². The van der Waals surface area contributed by atoms with Gasteiger partial charge in [0.25, 0.3) is 0 Å². The van der Waals surface area contributed by atoms with Crippen LogP contribution < -0.4 is 9.47 Å². The van der Waals surface area contributed by atoms with E-state index in [2.05, 4.69) is 9.97 Å². The molecule has 0 saturated carbocycles.